The second-order valence-corrected chi connectivity index (χ2v) is 9.76. The van der Waals surface area contributed by atoms with E-state index in [0.29, 0.717) is 12.6 Å². The number of carbonyl (C=O) groups is 2. The monoisotopic (exact) mass is 377 g/mol. The van der Waals surface area contributed by atoms with Gasteiger partial charge < -0.3 is 20.2 Å². The van der Waals surface area contributed by atoms with E-state index in [0.717, 1.165) is 51.6 Å². The molecule has 4 fully saturated rings. The van der Waals surface area contributed by atoms with Gasteiger partial charge >= 0.3 is 6.03 Å². The van der Waals surface area contributed by atoms with Gasteiger partial charge in [-0.15, -0.1) is 0 Å². The molecule has 1 unspecified atom stereocenters. The van der Waals surface area contributed by atoms with Gasteiger partial charge in [0.05, 0.1) is 12.0 Å². The van der Waals surface area contributed by atoms with Crippen LogP contribution in [0.25, 0.3) is 0 Å². The first-order chi connectivity index (χ1) is 12.9. The molecule has 3 amide bonds. The van der Waals surface area contributed by atoms with Crippen molar-refractivity contribution in [3.8, 4) is 0 Å². The summed E-state index contributed by atoms with van der Waals surface area (Å²) >= 11 is 0. The normalized spacial score (nSPS) is 36.1. The van der Waals surface area contributed by atoms with Crippen LogP contribution in [0.2, 0.25) is 0 Å². The fourth-order valence-corrected chi connectivity index (χ4v) is 6.10. The van der Waals surface area contributed by atoms with Gasteiger partial charge in [0, 0.05) is 43.1 Å². The number of amides is 3. The minimum atomic E-state index is -0.307. The molecule has 6 heteroatoms. The van der Waals surface area contributed by atoms with Crippen LogP contribution in [0, 0.1) is 17.3 Å². The van der Waals surface area contributed by atoms with E-state index in [1.807, 2.05) is 9.80 Å². The molecular formula is C21H35N3O3. The lowest BCUT2D eigenvalue weighted by Gasteiger charge is -2.62. The fourth-order valence-electron chi connectivity index (χ4n) is 6.10. The predicted molar refractivity (Wildman–Crippen MR) is 103 cm³/mol. The standard InChI is InChI=1S/C21H35N3O3/c1-21(2)17-16(18(21)25)10-6-12-24(17)19(26)14-7-5-11-23(13-14)20(27)22-15-8-3-4-9-15/h14-18,25H,3-13H2,1-2H3,(H,22,27)/t14?,16-,17+,18-/m0/s1. The molecule has 6 nitrogen and oxygen atoms in total. The van der Waals surface area contributed by atoms with Crippen molar-refractivity contribution in [2.45, 2.75) is 83.4 Å². The number of piperidine rings is 2. The topological polar surface area (TPSA) is 72.9 Å². The van der Waals surface area contributed by atoms with Crippen LogP contribution in [0.1, 0.15) is 65.2 Å². The zero-order chi connectivity index (χ0) is 19.2. The third-order valence-corrected chi connectivity index (χ3v) is 7.63. The number of aliphatic hydroxyl groups excluding tert-OH is 1. The number of carbonyl (C=O) groups excluding carboxylic acids is 2. The Morgan fingerprint density at radius 2 is 1.70 bits per heavy atom. The second-order valence-electron chi connectivity index (χ2n) is 9.76. The van der Waals surface area contributed by atoms with Gasteiger partial charge in [0.1, 0.15) is 0 Å². The molecule has 0 spiro atoms. The molecule has 2 saturated carbocycles. The minimum Gasteiger partial charge on any atom is -0.392 e. The highest BCUT2D eigenvalue weighted by Crippen LogP contribution is 2.52. The van der Waals surface area contributed by atoms with Crippen LogP contribution in [0.4, 0.5) is 4.79 Å². The summed E-state index contributed by atoms with van der Waals surface area (Å²) in [6.07, 6.45) is 7.99. The summed E-state index contributed by atoms with van der Waals surface area (Å²) in [6.45, 7) is 6.23. The number of likely N-dealkylation sites (tertiary alicyclic amines) is 2. The van der Waals surface area contributed by atoms with Crippen LogP contribution in [-0.4, -0.2) is 64.7 Å². The highest BCUT2D eigenvalue weighted by Gasteiger charge is 2.60. The van der Waals surface area contributed by atoms with Gasteiger partial charge in [0.15, 0.2) is 0 Å². The average molecular weight is 378 g/mol. The van der Waals surface area contributed by atoms with E-state index < -0.39 is 0 Å². The number of nitrogens with zero attached hydrogens (tertiary/aromatic N) is 2. The van der Waals surface area contributed by atoms with Crippen LogP contribution < -0.4 is 5.32 Å². The summed E-state index contributed by atoms with van der Waals surface area (Å²) in [6, 6.07) is 0.473. The largest absolute Gasteiger partial charge is 0.392 e. The Kier molecular flexibility index (Phi) is 5.12. The number of fused-ring (bicyclic) bond motifs is 1. The first kappa shape index (κ1) is 19.0. The Morgan fingerprint density at radius 3 is 2.44 bits per heavy atom. The third kappa shape index (κ3) is 3.34. The first-order valence-electron chi connectivity index (χ1n) is 10.9. The van der Waals surface area contributed by atoms with Gasteiger partial charge in [-0.1, -0.05) is 26.7 Å². The molecular weight excluding hydrogens is 342 g/mol. The van der Waals surface area contributed by atoms with Gasteiger partial charge in [0.2, 0.25) is 5.91 Å². The van der Waals surface area contributed by atoms with E-state index in [1.165, 1.54) is 12.8 Å². The van der Waals surface area contributed by atoms with Crippen molar-refractivity contribution in [1.82, 2.24) is 15.1 Å². The molecule has 0 aromatic heterocycles. The molecule has 2 N–H and O–H groups in total. The number of hydrogen-bond acceptors (Lipinski definition) is 3. The molecule has 27 heavy (non-hydrogen) atoms. The number of nitrogens with one attached hydrogen (secondary N) is 1. The molecule has 4 rings (SSSR count). The van der Waals surface area contributed by atoms with Gasteiger partial charge in [-0.25, -0.2) is 4.79 Å². The minimum absolute atomic E-state index is 0.00955. The summed E-state index contributed by atoms with van der Waals surface area (Å²) in [4.78, 5) is 29.9. The molecule has 0 radical (unpaired) electrons. The van der Waals surface area contributed by atoms with Crippen LogP contribution in [0.5, 0.6) is 0 Å². The Labute approximate surface area is 162 Å². The van der Waals surface area contributed by atoms with Crippen LogP contribution in [-0.2, 0) is 4.79 Å². The summed E-state index contributed by atoms with van der Waals surface area (Å²) in [5.41, 5.74) is -0.227. The van der Waals surface area contributed by atoms with Crippen molar-refractivity contribution in [3.05, 3.63) is 0 Å². The molecule has 2 saturated heterocycles. The highest BCUT2D eigenvalue weighted by atomic mass is 16.3. The second kappa shape index (κ2) is 7.26. The van der Waals surface area contributed by atoms with Gasteiger partial charge in [-0.3, -0.25) is 4.79 Å². The van der Waals surface area contributed by atoms with E-state index in [4.69, 9.17) is 0 Å². The lowest BCUT2D eigenvalue weighted by molar-refractivity contribution is -0.200. The first-order valence-corrected chi connectivity index (χ1v) is 10.9. The lowest BCUT2D eigenvalue weighted by atomic mass is 9.54. The SMILES string of the molecule is CC1(C)[C@@H](O)[C@H]2CCCN(C(=O)C3CCCN(C(=O)NC4CCCC4)C3)[C@H]21. The summed E-state index contributed by atoms with van der Waals surface area (Å²) in [7, 11) is 0. The summed E-state index contributed by atoms with van der Waals surface area (Å²) in [5.74, 6) is 0.325. The van der Waals surface area contributed by atoms with Gasteiger partial charge in [0.25, 0.3) is 0 Å². The van der Waals surface area contributed by atoms with E-state index in [1.54, 1.807) is 0 Å². The molecule has 0 aromatic carbocycles. The number of hydrogen-bond donors (Lipinski definition) is 2. The highest BCUT2D eigenvalue weighted by molar-refractivity contribution is 5.81. The quantitative estimate of drug-likeness (QED) is 0.776. The Bertz CT molecular complexity index is 587. The molecule has 0 aromatic rings. The van der Waals surface area contributed by atoms with Crippen molar-refractivity contribution < 1.29 is 14.7 Å². The maximum absolute atomic E-state index is 13.3. The van der Waals surface area contributed by atoms with Crippen molar-refractivity contribution in [2.24, 2.45) is 17.3 Å². The number of rotatable bonds is 2. The molecule has 0 bridgehead atoms. The van der Waals surface area contributed by atoms with Crippen molar-refractivity contribution in [3.63, 3.8) is 0 Å². The van der Waals surface area contributed by atoms with Gasteiger partial charge in [-0.2, -0.15) is 0 Å². The van der Waals surface area contributed by atoms with E-state index in [-0.39, 0.29) is 41.3 Å². The predicted octanol–water partition coefficient (Wildman–Crippen LogP) is 2.36. The number of urea groups is 1. The average Bonchev–Trinajstić information content (AvgIpc) is 3.19. The molecule has 2 aliphatic heterocycles. The maximum atomic E-state index is 13.3. The van der Waals surface area contributed by atoms with E-state index in [9.17, 15) is 14.7 Å². The summed E-state index contributed by atoms with van der Waals surface area (Å²) in [5, 5.41) is 13.6. The molecule has 2 heterocycles. The molecule has 2 aliphatic carbocycles. The molecule has 152 valence electrons. The third-order valence-electron chi connectivity index (χ3n) is 7.63. The molecule has 4 atom stereocenters. The van der Waals surface area contributed by atoms with Crippen molar-refractivity contribution in [2.75, 3.05) is 19.6 Å². The Balaban J connectivity index is 1.39. The summed E-state index contributed by atoms with van der Waals surface area (Å²) < 4.78 is 0. The lowest BCUT2D eigenvalue weighted by Crippen LogP contribution is -2.71. The van der Waals surface area contributed by atoms with Crippen LogP contribution >= 0.6 is 0 Å². The Hall–Kier alpha value is -1.30. The van der Waals surface area contributed by atoms with Crippen LogP contribution in [0.15, 0.2) is 0 Å². The van der Waals surface area contributed by atoms with E-state index >= 15 is 0 Å². The van der Waals surface area contributed by atoms with Gasteiger partial charge in [-0.05, 0) is 38.5 Å². The number of aliphatic hydroxyl groups is 1. The zero-order valence-electron chi connectivity index (χ0n) is 16.8. The van der Waals surface area contributed by atoms with Crippen LogP contribution in [0.3, 0.4) is 0 Å². The van der Waals surface area contributed by atoms with E-state index in [2.05, 4.69) is 19.2 Å². The fraction of sp³-hybridized carbons (Fsp3) is 0.905. The molecule has 4 aliphatic rings. The van der Waals surface area contributed by atoms with Crippen molar-refractivity contribution >= 4 is 11.9 Å². The van der Waals surface area contributed by atoms with Crippen molar-refractivity contribution in [1.29, 1.82) is 0 Å². The Morgan fingerprint density at radius 1 is 1.00 bits per heavy atom. The zero-order valence-corrected chi connectivity index (χ0v) is 16.8. The maximum Gasteiger partial charge on any atom is 0.317 e. The smallest absolute Gasteiger partial charge is 0.317 e.